The van der Waals surface area contributed by atoms with Crippen LogP contribution in [0.15, 0.2) is 18.2 Å². The van der Waals surface area contributed by atoms with Gasteiger partial charge in [0.2, 0.25) is 0 Å². The lowest BCUT2D eigenvalue weighted by molar-refractivity contribution is 0.221. The highest BCUT2D eigenvalue weighted by Gasteiger charge is 2.18. The zero-order valence-corrected chi connectivity index (χ0v) is 11.4. The highest BCUT2D eigenvalue weighted by molar-refractivity contribution is 5.89. The number of nitrogens with one attached hydrogen (secondary N) is 2. The predicted molar refractivity (Wildman–Crippen MR) is 73.8 cm³/mol. The normalized spacial score (nSPS) is 17.2. The molecule has 4 nitrogen and oxygen atoms in total. The fourth-order valence-corrected chi connectivity index (χ4v) is 2.18. The van der Waals surface area contributed by atoms with Crippen molar-refractivity contribution >= 4 is 11.7 Å². The molecule has 0 radical (unpaired) electrons. The van der Waals surface area contributed by atoms with E-state index in [9.17, 15) is 9.18 Å². The summed E-state index contributed by atoms with van der Waals surface area (Å²) in [7, 11) is 2.07. The molecule has 0 aromatic heterocycles. The van der Waals surface area contributed by atoms with Gasteiger partial charge >= 0.3 is 6.03 Å². The Hall–Kier alpha value is -1.62. The minimum Gasteiger partial charge on any atom is -0.335 e. The molecular weight excluding hydrogens is 245 g/mol. The molecule has 0 aliphatic carbocycles. The summed E-state index contributed by atoms with van der Waals surface area (Å²) in [4.78, 5) is 14.0. The summed E-state index contributed by atoms with van der Waals surface area (Å²) >= 11 is 0. The van der Waals surface area contributed by atoms with Crippen molar-refractivity contribution in [1.29, 1.82) is 0 Å². The first-order valence-corrected chi connectivity index (χ1v) is 6.57. The number of carbonyl (C=O) groups is 1. The van der Waals surface area contributed by atoms with Crippen LogP contribution in [0.25, 0.3) is 0 Å². The molecule has 1 aliphatic heterocycles. The number of piperidine rings is 1. The molecule has 2 rings (SSSR count). The van der Waals surface area contributed by atoms with Crippen molar-refractivity contribution < 1.29 is 9.18 Å². The third-order valence-corrected chi connectivity index (χ3v) is 3.48. The lowest BCUT2D eigenvalue weighted by atomic mass is 10.1. The van der Waals surface area contributed by atoms with Gasteiger partial charge in [0.1, 0.15) is 5.82 Å². The van der Waals surface area contributed by atoms with Gasteiger partial charge in [-0.2, -0.15) is 0 Å². The highest BCUT2D eigenvalue weighted by atomic mass is 19.1. The second-order valence-electron chi connectivity index (χ2n) is 5.14. The van der Waals surface area contributed by atoms with Crippen molar-refractivity contribution in [1.82, 2.24) is 10.2 Å². The molecule has 0 saturated carbocycles. The van der Waals surface area contributed by atoms with E-state index in [1.165, 1.54) is 6.07 Å². The Morgan fingerprint density at radius 2 is 2.05 bits per heavy atom. The number of likely N-dealkylation sites (tertiary alicyclic amines) is 1. The molecule has 0 unspecified atom stereocenters. The number of urea groups is 1. The number of hydrogen-bond acceptors (Lipinski definition) is 2. The minimum absolute atomic E-state index is 0.200. The summed E-state index contributed by atoms with van der Waals surface area (Å²) in [5, 5.41) is 5.59. The van der Waals surface area contributed by atoms with Crippen LogP contribution in [0.5, 0.6) is 0 Å². The van der Waals surface area contributed by atoms with E-state index in [1.807, 2.05) is 0 Å². The van der Waals surface area contributed by atoms with Crippen molar-refractivity contribution in [2.24, 2.45) is 0 Å². The van der Waals surface area contributed by atoms with E-state index < -0.39 is 0 Å². The van der Waals surface area contributed by atoms with Gasteiger partial charge in [-0.05, 0) is 57.6 Å². The fraction of sp³-hybridized carbons (Fsp3) is 0.500. The number of halogens is 1. The van der Waals surface area contributed by atoms with E-state index in [1.54, 1.807) is 19.1 Å². The molecule has 2 N–H and O–H groups in total. The van der Waals surface area contributed by atoms with Crippen LogP contribution in [-0.4, -0.2) is 37.1 Å². The SMILES string of the molecule is Cc1ccc(NC(=O)NC2CCN(C)CC2)cc1F. The van der Waals surface area contributed by atoms with Gasteiger partial charge in [-0.3, -0.25) is 0 Å². The minimum atomic E-state index is -0.308. The molecule has 5 heteroatoms. The number of aryl methyl sites for hydroxylation is 1. The van der Waals surface area contributed by atoms with Crippen molar-refractivity contribution in [3.8, 4) is 0 Å². The van der Waals surface area contributed by atoms with Crippen molar-refractivity contribution in [3.05, 3.63) is 29.6 Å². The molecule has 1 aromatic carbocycles. The van der Waals surface area contributed by atoms with Crippen molar-refractivity contribution in [2.45, 2.75) is 25.8 Å². The fourth-order valence-electron chi connectivity index (χ4n) is 2.18. The number of carbonyl (C=O) groups excluding carboxylic acids is 1. The van der Waals surface area contributed by atoms with Crippen LogP contribution >= 0.6 is 0 Å². The number of hydrogen-bond donors (Lipinski definition) is 2. The molecule has 1 heterocycles. The van der Waals surface area contributed by atoms with Gasteiger partial charge in [-0.15, -0.1) is 0 Å². The molecule has 19 heavy (non-hydrogen) atoms. The monoisotopic (exact) mass is 265 g/mol. The first-order valence-electron chi connectivity index (χ1n) is 6.57. The molecule has 1 aliphatic rings. The maximum absolute atomic E-state index is 13.4. The Balaban J connectivity index is 1.85. The Morgan fingerprint density at radius 1 is 1.37 bits per heavy atom. The lowest BCUT2D eigenvalue weighted by Crippen LogP contribution is -2.44. The highest BCUT2D eigenvalue weighted by Crippen LogP contribution is 2.14. The number of anilines is 1. The summed E-state index contributed by atoms with van der Waals surface area (Å²) in [6.45, 7) is 3.67. The average Bonchev–Trinajstić information content (AvgIpc) is 2.37. The summed E-state index contributed by atoms with van der Waals surface area (Å²) in [5.74, 6) is -0.308. The number of benzene rings is 1. The van der Waals surface area contributed by atoms with Crippen LogP contribution in [0.3, 0.4) is 0 Å². The van der Waals surface area contributed by atoms with E-state index in [4.69, 9.17) is 0 Å². The van der Waals surface area contributed by atoms with Gasteiger partial charge in [0.05, 0.1) is 0 Å². The maximum atomic E-state index is 13.4. The third-order valence-electron chi connectivity index (χ3n) is 3.48. The van der Waals surface area contributed by atoms with Crippen LogP contribution in [-0.2, 0) is 0 Å². The van der Waals surface area contributed by atoms with Gasteiger partial charge in [0, 0.05) is 11.7 Å². The Morgan fingerprint density at radius 3 is 2.68 bits per heavy atom. The average molecular weight is 265 g/mol. The summed E-state index contributed by atoms with van der Waals surface area (Å²) in [6.07, 6.45) is 1.90. The molecule has 1 aromatic rings. The van der Waals surface area contributed by atoms with Crippen LogP contribution < -0.4 is 10.6 Å². The van der Waals surface area contributed by atoms with Gasteiger partial charge in [0.15, 0.2) is 0 Å². The number of amides is 2. The smallest absolute Gasteiger partial charge is 0.319 e. The van der Waals surface area contributed by atoms with Crippen LogP contribution in [0.2, 0.25) is 0 Å². The molecule has 1 fully saturated rings. The predicted octanol–water partition coefficient (Wildman–Crippen LogP) is 2.35. The van der Waals surface area contributed by atoms with E-state index in [-0.39, 0.29) is 17.9 Å². The molecule has 104 valence electrons. The van der Waals surface area contributed by atoms with Crippen molar-refractivity contribution in [3.63, 3.8) is 0 Å². The molecule has 0 spiro atoms. The molecule has 2 amide bonds. The zero-order valence-electron chi connectivity index (χ0n) is 11.4. The van der Waals surface area contributed by atoms with Gasteiger partial charge < -0.3 is 15.5 Å². The number of rotatable bonds is 2. The van der Waals surface area contributed by atoms with E-state index in [0.717, 1.165) is 25.9 Å². The Bertz CT molecular complexity index is 456. The second-order valence-corrected chi connectivity index (χ2v) is 5.14. The van der Waals surface area contributed by atoms with Gasteiger partial charge in [-0.1, -0.05) is 6.07 Å². The molecule has 0 bridgehead atoms. The molecule has 1 saturated heterocycles. The summed E-state index contributed by atoms with van der Waals surface area (Å²) < 4.78 is 13.4. The van der Waals surface area contributed by atoms with Crippen molar-refractivity contribution in [2.75, 3.05) is 25.5 Å². The summed E-state index contributed by atoms with van der Waals surface area (Å²) in [6, 6.07) is 4.63. The van der Waals surface area contributed by atoms with E-state index >= 15 is 0 Å². The molecule has 0 atom stereocenters. The summed E-state index contributed by atoms with van der Waals surface area (Å²) in [5.41, 5.74) is 1.05. The number of nitrogens with zero attached hydrogens (tertiary/aromatic N) is 1. The quantitative estimate of drug-likeness (QED) is 0.862. The second kappa shape index (κ2) is 6.02. The van der Waals surface area contributed by atoms with Gasteiger partial charge in [0.25, 0.3) is 0 Å². The standard InChI is InChI=1S/C14H20FN3O/c1-10-3-4-12(9-13(10)15)17-14(19)16-11-5-7-18(2)8-6-11/h3-4,9,11H,5-8H2,1-2H3,(H2,16,17,19). The van der Waals surface area contributed by atoms with Crippen LogP contribution in [0.4, 0.5) is 14.9 Å². The Kier molecular flexibility index (Phi) is 4.37. The lowest BCUT2D eigenvalue weighted by Gasteiger charge is -2.29. The molecular formula is C14H20FN3O. The zero-order chi connectivity index (χ0) is 13.8. The maximum Gasteiger partial charge on any atom is 0.319 e. The van der Waals surface area contributed by atoms with E-state index in [0.29, 0.717) is 11.3 Å². The van der Waals surface area contributed by atoms with Crippen LogP contribution in [0.1, 0.15) is 18.4 Å². The van der Waals surface area contributed by atoms with Gasteiger partial charge in [-0.25, -0.2) is 9.18 Å². The van der Waals surface area contributed by atoms with Crippen LogP contribution in [0, 0.1) is 12.7 Å². The topological polar surface area (TPSA) is 44.4 Å². The first kappa shape index (κ1) is 13.8. The first-order chi connectivity index (χ1) is 9.04. The Labute approximate surface area is 113 Å². The third kappa shape index (κ3) is 3.92. The van der Waals surface area contributed by atoms with E-state index in [2.05, 4.69) is 22.6 Å². The largest absolute Gasteiger partial charge is 0.335 e.